The molecule has 2 heterocycles. The first kappa shape index (κ1) is 17.3. The standard InChI is InChI=1S/C19H26N4O2/c1-14-15(12-20-22(14)2)8-9-19(24)21-16-10-11-23(13-16)17-6-4-5-7-18(17)25-3/h4-7,12,16H,8-11,13H2,1-3H3,(H,21,24). The smallest absolute Gasteiger partial charge is 0.220 e. The minimum Gasteiger partial charge on any atom is -0.495 e. The van der Waals surface area contributed by atoms with Crippen molar-refractivity contribution < 1.29 is 9.53 Å². The van der Waals surface area contributed by atoms with Crippen LogP contribution in [-0.2, 0) is 18.3 Å². The van der Waals surface area contributed by atoms with Gasteiger partial charge in [0.05, 0.1) is 19.0 Å². The Morgan fingerprint density at radius 1 is 1.40 bits per heavy atom. The van der Waals surface area contributed by atoms with Crippen LogP contribution in [-0.4, -0.2) is 41.9 Å². The van der Waals surface area contributed by atoms with Gasteiger partial charge in [0.15, 0.2) is 0 Å². The fourth-order valence-corrected chi connectivity index (χ4v) is 3.33. The highest BCUT2D eigenvalue weighted by molar-refractivity contribution is 5.76. The molecule has 1 aromatic carbocycles. The molecule has 0 saturated carbocycles. The van der Waals surface area contributed by atoms with E-state index in [0.29, 0.717) is 6.42 Å². The average molecular weight is 342 g/mol. The van der Waals surface area contributed by atoms with Crippen LogP contribution in [0, 0.1) is 6.92 Å². The Hall–Kier alpha value is -2.50. The minimum atomic E-state index is 0.107. The molecular weight excluding hydrogens is 316 g/mol. The number of aromatic nitrogens is 2. The van der Waals surface area contributed by atoms with Gasteiger partial charge in [0.25, 0.3) is 0 Å². The lowest BCUT2D eigenvalue weighted by Crippen LogP contribution is -2.37. The quantitative estimate of drug-likeness (QED) is 0.873. The van der Waals surface area contributed by atoms with Crippen molar-refractivity contribution >= 4 is 11.6 Å². The normalized spacial score (nSPS) is 16.9. The molecule has 1 N–H and O–H groups in total. The molecule has 1 aliphatic rings. The van der Waals surface area contributed by atoms with Crippen LogP contribution < -0.4 is 15.0 Å². The molecule has 1 aromatic heterocycles. The number of methoxy groups -OCH3 is 1. The Bertz CT molecular complexity index is 741. The van der Waals surface area contributed by atoms with E-state index in [9.17, 15) is 4.79 Å². The number of amides is 1. The Balaban J connectivity index is 1.51. The Morgan fingerprint density at radius 2 is 2.20 bits per heavy atom. The number of ether oxygens (including phenoxy) is 1. The van der Waals surface area contributed by atoms with Crippen LogP contribution in [0.15, 0.2) is 30.5 Å². The summed E-state index contributed by atoms with van der Waals surface area (Å²) in [5.74, 6) is 0.983. The maximum Gasteiger partial charge on any atom is 0.220 e. The summed E-state index contributed by atoms with van der Waals surface area (Å²) in [4.78, 5) is 14.5. The molecule has 3 rings (SSSR count). The molecule has 1 aliphatic heterocycles. The molecule has 2 aromatic rings. The lowest BCUT2D eigenvalue weighted by Gasteiger charge is -2.21. The molecule has 6 heteroatoms. The Labute approximate surface area is 148 Å². The van der Waals surface area contributed by atoms with Crippen molar-refractivity contribution in [3.63, 3.8) is 0 Å². The number of rotatable bonds is 6. The fraction of sp³-hybridized carbons (Fsp3) is 0.474. The number of hydrogen-bond acceptors (Lipinski definition) is 4. The summed E-state index contributed by atoms with van der Waals surface area (Å²) in [6.45, 7) is 3.77. The van der Waals surface area contributed by atoms with E-state index >= 15 is 0 Å². The van der Waals surface area contributed by atoms with E-state index < -0.39 is 0 Å². The number of anilines is 1. The van der Waals surface area contributed by atoms with Gasteiger partial charge in [0.2, 0.25) is 5.91 Å². The van der Waals surface area contributed by atoms with E-state index in [4.69, 9.17) is 4.74 Å². The fourth-order valence-electron chi connectivity index (χ4n) is 3.33. The van der Waals surface area contributed by atoms with Gasteiger partial charge < -0.3 is 15.0 Å². The first-order valence-corrected chi connectivity index (χ1v) is 8.73. The highest BCUT2D eigenvalue weighted by Gasteiger charge is 2.25. The van der Waals surface area contributed by atoms with Crippen molar-refractivity contribution in [3.05, 3.63) is 41.7 Å². The number of hydrogen-bond donors (Lipinski definition) is 1. The van der Waals surface area contributed by atoms with E-state index in [1.807, 2.05) is 43.0 Å². The number of carbonyl (C=O) groups is 1. The molecule has 1 fully saturated rings. The lowest BCUT2D eigenvalue weighted by atomic mass is 10.1. The maximum absolute atomic E-state index is 12.3. The molecular formula is C19H26N4O2. The molecule has 1 unspecified atom stereocenters. The summed E-state index contributed by atoms with van der Waals surface area (Å²) in [6.07, 6.45) is 4.03. The van der Waals surface area contributed by atoms with Gasteiger partial charge in [-0.05, 0) is 37.5 Å². The molecule has 1 atom stereocenters. The van der Waals surface area contributed by atoms with Gasteiger partial charge in [-0.15, -0.1) is 0 Å². The summed E-state index contributed by atoms with van der Waals surface area (Å²) >= 11 is 0. The third kappa shape index (κ3) is 3.95. The highest BCUT2D eigenvalue weighted by atomic mass is 16.5. The zero-order valence-corrected chi connectivity index (χ0v) is 15.2. The minimum absolute atomic E-state index is 0.107. The number of para-hydroxylation sites is 2. The van der Waals surface area contributed by atoms with Crippen LogP contribution in [0.3, 0.4) is 0 Å². The van der Waals surface area contributed by atoms with Crippen LogP contribution in [0.1, 0.15) is 24.1 Å². The van der Waals surface area contributed by atoms with Crippen LogP contribution in [0.4, 0.5) is 5.69 Å². The number of carbonyl (C=O) groups excluding carboxylic acids is 1. The first-order chi connectivity index (χ1) is 12.1. The van der Waals surface area contributed by atoms with E-state index in [2.05, 4.69) is 21.4 Å². The molecule has 1 amide bonds. The molecule has 25 heavy (non-hydrogen) atoms. The second-order valence-electron chi connectivity index (χ2n) is 6.55. The lowest BCUT2D eigenvalue weighted by molar-refractivity contribution is -0.121. The largest absolute Gasteiger partial charge is 0.495 e. The van der Waals surface area contributed by atoms with Gasteiger partial charge >= 0.3 is 0 Å². The van der Waals surface area contributed by atoms with Gasteiger partial charge in [-0.25, -0.2) is 0 Å². The second-order valence-corrected chi connectivity index (χ2v) is 6.55. The summed E-state index contributed by atoms with van der Waals surface area (Å²) in [6, 6.07) is 8.21. The van der Waals surface area contributed by atoms with E-state index in [1.165, 1.54) is 0 Å². The number of nitrogens with zero attached hydrogens (tertiary/aromatic N) is 3. The van der Waals surface area contributed by atoms with Crippen molar-refractivity contribution in [1.82, 2.24) is 15.1 Å². The predicted octanol–water partition coefficient (Wildman–Crippen LogP) is 2.06. The maximum atomic E-state index is 12.3. The van der Waals surface area contributed by atoms with Crippen LogP contribution in [0.2, 0.25) is 0 Å². The molecule has 0 spiro atoms. The van der Waals surface area contributed by atoms with Crippen LogP contribution in [0.5, 0.6) is 5.75 Å². The molecule has 134 valence electrons. The topological polar surface area (TPSA) is 59.4 Å². The van der Waals surface area contributed by atoms with Gasteiger partial charge in [-0.2, -0.15) is 5.10 Å². The monoisotopic (exact) mass is 342 g/mol. The molecule has 1 saturated heterocycles. The van der Waals surface area contributed by atoms with Crippen molar-refractivity contribution in [1.29, 1.82) is 0 Å². The summed E-state index contributed by atoms with van der Waals surface area (Å²) in [7, 11) is 3.61. The molecule has 0 radical (unpaired) electrons. The second kappa shape index (κ2) is 7.59. The predicted molar refractivity (Wildman–Crippen MR) is 98.0 cm³/mol. The number of nitrogens with one attached hydrogen (secondary N) is 1. The third-order valence-corrected chi connectivity index (χ3v) is 4.94. The SMILES string of the molecule is COc1ccccc1N1CCC(NC(=O)CCc2cnn(C)c2C)C1. The van der Waals surface area contributed by atoms with Gasteiger partial charge in [0, 0.05) is 38.3 Å². The van der Waals surface area contributed by atoms with E-state index in [0.717, 1.165) is 48.6 Å². The Kier molecular flexibility index (Phi) is 5.26. The van der Waals surface area contributed by atoms with Crippen molar-refractivity contribution in [2.24, 2.45) is 7.05 Å². The average Bonchev–Trinajstić information content (AvgIpc) is 3.21. The summed E-state index contributed by atoms with van der Waals surface area (Å²) in [5, 5.41) is 7.39. The van der Waals surface area contributed by atoms with Gasteiger partial charge in [0.1, 0.15) is 5.75 Å². The summed E-state index contributed by atoms with van der Waals surface area (Å²) < 4.78 is 7.28. The third-order valence-electron chi connectivity index (χ3n) is 4.94. The van der Waals surface area contributed by atoms with Crippen molar-refractivity contribution in [3.8, 4) is 5.75 Å². The zero-order chi connectivity index (χ0) is 17.8. The van der Waals surface area contributed by atoms with Gasteiger partial charge in [-0.3, -0.25) is 9.48 Å². The van der Waals surface area contributed by atoms with E-state index in [1.54, 1.807) is 7.11 Å². The Morgan fingerprint density at radius 3 is 2.92 bits per heavy atom. The van der Waals surface area contributed by atoms with E-state index in [-0.39, 0.29) is 11.9 Å². The number of benzene rings is 1. The van der Waals surface area contributed by atoms with Crippen molar-refractivity contribution in [2.75, 3.05) is 25.1 Å². The molecule has 6 nitrogen and oxygen atoms in total. The molecule has 0 bridgehead atoms. The zero-order valence-electron chi connectivity index (χ0n) is 15.2. The van der Waals surface area contributed by atoms with Crippen LogP contribution >= 0.6 is 0 Å². The molecule has 0 aliphatic carbocycles. The number of aryl methyl sites for hydroxylation is 2. The summed E-state index contributed by atoms with van der Waals surface area (Å²) in [5.41, 5.74) is 3.35. The van der Waals surface area contributed by atoms with Crippen molar-refractivity contribution in [2.45, 2.75) is 32.2 Å². The first-order valence-electron chi connectivity index (χ1n) is 8.73. The highest BCUT2D eigenvalue weighted by Crippen LogP contribution is 2.30. The van der Waals surface area contributed by atoms with Crippen LogP contribution in [0.25, 0.3) is 0 Å². The van der Waals surface area contributed by atoms with Gasteiger partial charge in [-0.1, -0.05) is 12.1 Å².